The molecule has 0 aliphatic heterocycles. The summed E-state index contributed by atoms with van der Waals surface area (Å²) < 4.78 is 0. The molecule has 0 saturated heterocycles. The van der Waals surface area contributed by atoms with Crippen LogP contribution in [0.1, 0.15) is 56.7 Å². The predicted octanol–water partition coefficient (Wildman–Crippen LogP) is 4.57. The minimum Gasteiger partial charge on any atom is -0.307 e. The van der Waals surface area contributed by atoms with Crippen LogP contribution in [0.5, 0.6) is 0 Å². The Kier molecular flexibility index (Phi) is 4.14. The summed E-state index contributed by atoms with van der Waals surface area (Å²) in [4.78, 5) is 0. The Hall–Kier alpha value is -0.470. The average Bonchev–Trinajstić information content (AvgIpc) is 2.90. The zero-order valence-electron chi connectivity index (χ0n) is 13.0. The molecule has 3 rings (SSSR count). The lowest BCUT2D eigenvalue weighted by molar-refractivity contribution is 0.193. The molecule has 0 heterocycles. The highest BCUT2D eigenvalue weighted by Crippen LogP contribution is 2.44. The van der Waals surface area contributed by atoms with Crippen LogP contribution in [-0.4, -0.2) is 17.5 Å². The molecule has 20 heavy (non-hydrogen) atoms. The second-order valence-electron chi connectivity index (χ2n) is 7.15. The van der Waals surface area contributed by atoms with Crippen LogP contribution in [0.4, 0.5) is 0 Å². The molecule has 2 aliphatic carbocycles. The molecule has 0 spiro atoms. The van der Waals surface area contributed by atoms with Gasteiger partial charge in [-0.15, -0.1) is 0 Å². The number of thioether (sulfide) groups is 1. The summed E-state index contributed by atoms with van der Waals surface area (Å²) in [5.41, 5.74) is 3.48. The van der Waals surface area contributed by atoms with Crippen LogP contribution in [0.3, 0.4) is 0 Å². The van der Waals surface area contributed by atoms with Crippen molar-refractivity contribution in [2.45, 2.75) is 63.3 Å². The van der Waals surface area contributed by atoms with Gasteiger partial charge < -0.3 is 5.32 Å². The normalized spacial score (nSPS) is 32.0. The molecule has 0 radical (unpaired) electrons. The van der Waals surface area contributed by atoms with Crippen molar-refractivity contribution in [1.82, 2.24) is 5.32 Å². The van der Waals surface area contributed by atoms with Gasteiger partial charge in [-0.05, 0) is 54.9 Å². The van der Waals surface area contributed by atoms with E-state index in [2.05, 4.69) is 49.7 Å². The molecule has 110 valence electrons. The van der Waals surface area contributed by atoms with E-state index in [9.17, 15) is 0 Å². The van der Waals surface area contributed by atoms with Gasteiger partial charge in [0.25, 0.3) is 0 Å². The highest BCUT2D eigenvalue weighted by atomic mass is 32.2. The van der Waals surface area contributed by atoms with E-state index < -0.39 is 0 Å². The zero-order chi connectivity index (χ0) is 14.2. The minimum atomic E-state index is 0.367. The topological polar surface area (TPSA) is 12.0 Å². The van der Waals surface area contributed by atoms with Crippen LogP contribution in [0.15, 0.2) is 24.3 Å². The number of rotatable bonds is 3. The summed E-state index contributed by atoms with van der Waals surface area (Å²) in [5, 5.41) is 4.89. The van der Waals surface area contributed by atoms with Crippen molar-refractivity contribution in [1.29, 1.82) is 0 Å². The lowest BCUT2D eigenvalue weighted by Gasteiger charge is -2.42. The molecule has 1 saturated carbocycles. The van der Waals surface area contributed by atoms with Gasteiger partial charge in [0, 0.05) is 17.3 Å². The van der Waals surface area contributed by atoms with Crippen LogP contribution < -0.4 is 5.32 Å². The molecule has 2 aliphatic rings. The van der Waals surface area contributed by atoms with Crippen molar-refractivity contribution in [3.8, 4) is 0 Å². The summed E-state index contributed by atoms with van der Waals surface area (Å²) >= 11 is 2.04. The van der Waals surface area contributed by atoms with Gasteiger partial charge >= 0.3 is 0 Å². The molecule has 1 aromatic carbocycles. The van der Waals surface area contributed by atoms with Gasteiger partial charge in [0.15, 0.2) is 0 Å². The third kappa shape index (κ3) is 2.78. The minimum absolute atomic E-state index is 0.367. The van der Waals surface area contributed by atoms with Gasteiger partial charge in [-0.2, -0.15) is 11.8 Å². The van der Waals surface area contributed by atoms with Crippen molar-refractivity contribution in [2.24, 2.45) is 5.41 Å². The zero-order valence-corrected chi connectivity index (χ0v) is 13.8. The second kappa shape index (κ2) is 5.73. The van der Waals surface area contributed by atoms with E-state index in [1.165, 1.54) is 32.1 Å². The molecule has 0 amide bonds. The molecule has 0 aromatic heterocycles. The molecular weight excluding hydrogens is 262 g/mol. The summed E-state index contributed by atoms with van der Waals surface area (Å²) in [6.07, 6.45) is 8.86. The first-order valence-electron chi connectivity index (χ1n) is 7.97. The standard InChI is InChI=1S/C18H27NS/c1-18(2)11-10-13-6-4-5-7-16(13)17(18)19-14-8-9-15(12-14)20-3/h4-7,14-15,17,19H,8-12H2,1-3H3. The molecule has 1 aromatic rings. The molecular formula is C18H27NS. The van der Waals surface area contributed by atoms with Gasteiger partial charge in [0.2, 0.25) is 0 Å². The highest BCUT2D eigenvalue weighted by Gasteiger charge is 2.37. The number of aryl methyl sites for hydroxylation is 1. The fourth-order valence-electron chi connectivity index (χ4n) is 3.92. The van der Waals surface area contributed by atoms with Crippen LogP contribution in [-0.2, 0) is 6.42 Å². The first kappa shape index (κ1) is 14.5. The summed E-state index contributed by atoms with van der Waals surface area (Å²) in [7, 11) is 0. The Morgan fingerprint density at radius 1 is 1.20 bits per heavy atom. The SMILES string of the molecule is CSC1CCC(NC2c3ccccc3CCC2(C)C)C1. The second-order valence-corrected chi connectivity index (χ2v) is 8.29. The molecule has 1 N–H and O–H groups in total. The smallest absolute Gasteiger partial charge is 0.0376 e. The van der Waals surface area contributed by atoms with Crippen molar-refractivity contribution < 1.29 is 0 Å². The Balaban J connectivity index is 1.80. The van der Waals surface area contributed by atoms with E-state index in [0.717, 1.165) is 5.25 Å². The van der Waals surface area contributed by atoms with Crippen LogP contribution >= 0.6 is 11.8 Å². The molecule has 1 nitrogen and oxygen atoms in total. The van der Waals surface area contributed by atoms with Crippen molar-refractivity contribution in [3.05, 3.63) is 35.4 Å². The van der Waals surface area contributed by atoms with Gasteiger partial charge in [-0.1, -0.05) is 38.1 Å². The number of hydrogen-bond acceptors (Lipinski definition) is 2. The van der Waals surface area contributed by atoms with Crippen molar-refractivity contribution in [3.63, 3.8) is 0 Å². The van der Waals surface area contributed by atoms with Gasteiger partial charge in [0.1, 0.15) is 0 Å². The van der Waals surface area contributed by atoms with Crippen molar-refractivity contribution >= 4 is 11.8 Å². The quantitative estimate of drug-likeness (QED) is 0.874. The maximum absolute atomic E-state index is 4.02. The Labute approximate surface area is 127 Å². The third-order valence-electron chi connectivity index (χ3n) is 5.31. The maximum atomic E-state index is 4.02. The molecule has 3 atom stereocenters. The number of benzene rings is 1. The Morgan fingerprint density at radius 3 is 2.75 bits per heavy atom. The van der Waals surface area contributed by atoms with E-state index in [1.807, 2.05) is 11.8 Å². The molecule has 2 heteroatoms. The fourth-order valence-corrected chi connectivity index (χ4v) is 4.72. The Bertz CT molecular complexity index is 468. The van der Waals surface area contributed by atoms with E-state index in [4.69, 9.17) is 0 Å². The number of fused-ring (bicyclic) bond motifs is 1. The van der Waals surface area contributed by atoms with Gasteiger partial charge in [-0.3, -0.25) is 0 Å². The molecule has 1 fully saturated rings. The van der Waals surface area contributed by atoms with Gasteiger partial charge in [0.05, 0.1) is 0 Å². The molecule has 0 bridgehead atoms. The summed E-state index contributed by atoms with van der Waals surface area (Å²) in [6, 6.07) is 10.3. The lowest BCUT2D eigenvalue weighted by atomic mass is 9.70. The van der Waals surface area contributed by atoms with E-state index in [0.29, 0.717) is 17.5 Å². The average molecular weight is 289 g/mol. The highest BCUT2D eigenvalue weighted by molar-refractivity contribution is 7.99. The summed E-state index contributed by atoms with van der Waals surface area (Å²) in [5.74, 6) is 0. The van der Waals surface area contributed by atoms with Crippen LogP contribution in [0.2, 0.25) is 0 Å². The van der Waals surface area contributed by atoms with Crippen molar-refractivity contribution in [2.75, 3.05) is 6.26 Å². The number of nitrogens with one attached hydrogen (secondary N) is 1. The summed E-state index contributed by atoms with van der Waals surface area (Å²) in [6.45, 7) is 4.86. The van der Waals surface area contributed by atoms with E-state index >= 15 is 0 Å². The van der Waals surface area contributed by atoms with Crippen LogP contribution in [0, 0.1) is 5.41 Å². The fraction of sp³-hybridized carbons (Fsp3) is 0.667. The Morgan fingerprint density at radius 2 is 2.00 bits per heavy atom. The van der Waals surface area contributed by atoms with E-state index in [1.54, 1.807) is 11.1 Å². The van der Waals surface area contributed by atoms with Crippen LogP contribution in [0.25, 0.3) is 0 Å². The lowest BCUT2D eigenvalue weighted by Crippen LogP contribution is -2.42. The monoisotopic (exact) mass is 289 g/mol. The number of hydrogen-bond donors (Lipinski definition) is 1. The largest absolute Gasteiger partial charge is 0.307 e. The predicted molar refractivity (Wildman–Crippen MR) is 89.4 cm³/mol. The van der Waals surface area contributed by atoms with E-state index in [-0.39, 0.29) is 0 Å². The first-order chi connectivity index (χ1) is 9.60. The maximum Gasteiger partial charge on any atom is 0.0376 e. The first-order valence-corrected chi connectivity index (χ1v) is 9.25. The third-order valence-corrected chi connectivity index (χ3v) is 6.40. The molecule has 3 unspecified atom stereocenters. The van der Waals surface area contributed by atoms with Gasteiger partial charge in [-0.25, -0.2) is 0 Å².